The van der Waals surface area contributed by atoms with Crippen LogP contribution in [0.25, 0.3) is 0 Å². The number of nitrogens with zero attached hydrogens (tertiary/aromatic N) is 1. The molecule has 0 radical (unpaired) electrons. The molecule has 1 aliphatic carbocycles. The van der Waals surface area contributed by atoms with Crippen molar-refractivity contribution in [3.05, 3.63) is 0 Å². The molecule has 2 aliphatic rings. The summed E-state index contributed by atoms with van der Waals surface area (Å²) in [6.45, 7) is 11.1. The Morgan fingerprint density at radius 3 is 2.35 bits per heavy atom. The molecule has 1 nitrogen and oxygen atoms in total. The number of likely N-dealkylation sites (tertiary alicyclic amines) is 1. The molecule has 2 rings (SSSR count). The van der Waals surface area contributed by atoms with Crippen molar-refractivity contribution in [3.8, 4) is 0 Å². The predicted molar refractivity (Wildman–Crippen MR) is 78.8 cm³/mol. The van der Waals surface area contributed by atoms with Crippen molar-refractivity contribution in [1.29, 1.82) is 0 Å². The highest BCUT2D eigenvalue weighted by Crippen LogP contribution is 2.42. The SMILES string of the molecule is CC(C)(C)C1CCN(CC2(CS)CCCC2)C1. The molecule has 1 unspecified atom stereocenters. The van der Waals surface area contributed by atoms with Crippen molar-refractivity contribution in [3.63, 3.8) is 0 Å². The van der Waals surface area contributed by atoms with Gasteiger partial charge in [0.15, 0.2) is 0 Å². The average molecular weight is 255 g/mol. The van der Waals surface area contributed by atoms with E-state index in [1.54, 1.807) is 0 Å². The van der Waals surface area contributed by atoms with Gasteiger partial charge >= 0.3 is 0 Å². The summed E-state index contributed by atoms with van der Waals surface area (Å²) in [6.07, 6.45) is 7.07. The Balaban J connectivity index is 1.89. The number of rotatable bonds is 3. The van der Waals surface area contributed by atoms with E-state index in [0.717, 1.165) is 11.7 Å². The first-order valence-electron chi connectivity index (χ1n) is 7.28. The molecule has 0 N–H and O–H groups in total. The summed E-state index contributed by atoms with van der Waals surface area (Å²) >= 11 is 4.63. The molecular weight excluding hydrogens is 226 g/mol. The van der Waals surface area contributed by atoms with E-state index in [1.807, 2.05) is 0 Å². The lowest BCUT2D eigenvalue weighted by Gasteiger charge is -2.33. The first-order valence-corrected chi connectivity index (χ1v) is 7.92. The molecule has 0 aromatic heterocycles. The van der Waals surface area contributed by atoms with E-state index in [2.05, 4.69) is 38.3 Å². The molecule has 100 valence electrons. The number of hydrogen-bond acceptors (Lipinski definition) is 2. The Morgan fingerprint density at radius 2 is 1.88 bits per heavy atom. The maximum absolute atomic E-state index is 4.63. The van der Waals surface area contributed by atoms with Crippen LogP contribution in [0.3, 0.4) is 0 Å². The van der Waals surface area contributed by atoms with Gasteiger partial charge in [-0.25, -0.2) is 0 Å². The van der Waals surface area contributed by atoms with Gasteiger partial charge in [-0.05, 0) is 48.3 Å². The highest BCUT2D eigenvalue weighted by atomic mass is 32.1. The maximum Gasteiger partial charge on any atom is 0.00459 e. The second-order valence-electron chi connectivity index (χ2n) is 7.45. The first-order chi connectivity index (χ1) is 7.95. The fourth-order valence-electron chi connectivity index (χ4n) is 3.65. The van der Waals surface area contributed by atoms with Crippen LogP contribution >= 0.6 is 12.6 Å². The van der Waals surface area contributed by atoms with E-state index in [1.165, 1.54) is 51.7 Å². The summed E-state index contributed by atoms with van der Waals surface area (Å²) in [6, 6.07) is 0. The summed E-state index contributed by atoms with van der Waals surface area (Å²) in [5.41, 5.74) is 1.04. The Bertz CT molecular complexity index is 250. The van der Waals surface area contributed by atoms with Crippen LogP contribution in [0.15, 0.2) is 0 Å². The van der Waals surface area contributed by atoms with Crippen molar-refractivity contribution < 1.29 is 0 Å². The monoisotopic (exact) mass is 255 g/mol. The maximum atomic E-state index is 4.63. The summed E-state index contributed by atoms with van der Waals surface area (Å²) in [5.74, 6) is 1.98. The smallest absolute Gasteiger partial charge is 0.00459 e. The molecular formula is C15H29NS. The van der Waals surface area contributed by atoms with Crippen LogP contribution in [-0.4, -0.2) is 30.3 Å². The Hall–Kier alpha value is 0.310. The van der Waals surface area contributed by atoms with E-state index in [-0.39, 0.29) is 0 Å². The minimum absolute atomic E-state index is 0.485. The van der Waals surface area contributed by atoms with Gasteiger partial charge in [0.2, 0.25) is 0 Å². The quantitative estimate of drug-likeness (QED) is 0.750. The molecule has 1 saturated heterocycles. The molecule has 0 aromatic carbocycles. The Labute approximate surface area is 113 Å². The summed E-state index contributed by atoms with van der Waals surface area (Å²) in [4.78, 5) is 2.72. The van der Waals surface area contributed by atoms with Crippen LogP contribution in [0.4, 0.5) is 0 Å². The minimum Gasteiger partial charge on any atom is -0.302 e. The molecule has 2 heteroatoms. The van der Waals surface area contributed by atoms with E-state index >= 15 is 0 Å². The van der Waals surface area contributed by atoms with Gasteiger partial charge in [-0.3, -0.25) is 0 Å². The van der Waals surface area contributed by atoms with E-state index in [9.17, 15) is 0 Å². The van der Waals surface area contributed by atoms with Gasteiger partial charge in [0.1, 0.15) is 0 Å². The van der Waals surface area contributed by atoms with Gasteiger partial charge in [0.05, 0.1) is 0 Å². The third-order valence-electron chi connectivity index (χ3n) is 5.06. The van der Waals surface area contributed by atoms with Crippen molar-refractivity contribution in [2.75, 3.05) is 25.4 Å². The fourth-order valence-corrected chi connectivity index (χ4v) is 4.06. The van der Waals surface area contributed by atoms with Crippen LogP contribution in [0, 0.1) is 16.7 Å². The lowest BCUT2D eigenvalue weighted by atomic mass is 9.80. The van der Waals surface area contributed by atoms with Crippen LogP contribution in [0.2, 0.25) is 0 Å². The molecule has 1 aliphatic heterocycles. The molecule has 0 aromatic rings. The molecule has 2 fully saturated rings. The Kier molecular flexibility index (Phi) is 4.14. The fraction of sp³-hybridized carbons (Fsp3) is 1.00. The Morgan fingerprint density at radius 1 is 1.24 bits per heavy atom. The van der Waals surface area contributed by atoms with Crippen molar-refractivity contribution in [2.45, 2.75) is 52.9 Å². The normalized spacial score (nSPS) is 30.0. The molecule has 1 saturated carbocycles. The molecule has 0 bridgehead atoms. The van der Waals surface area contributed by atoms with Crippen LogP contribution in [0.5, 0.6) is 0 Å². The highest BCUT2D eigenvalue weighted by molar-refractivity contribution is 7.80. The van der Waals surface area contributed by atoms with Crippen molar-refractivity contribution in [2.24, 2.45) is 16.7 Å². The standard InChI is InChI=1S/C15H29NS/c1-14(2,3)13-6-9-16(10-13)11-15(12-17)7-4-5-8-15/h13,17H,4-12H2,1-3H3. The zero-order valence-electron chi connectivity index (χ0n) is 11.8. The van der Waals surface area contributed by atoms with E-state index in [4.69, 9.17) is 0 Å². The molecule has 0 spiro atoms. The second-order valence-corrected chi connectivity index (χ2v) is 7.77. The average Bonchev–Trinajstić information content (AvgIpc) is 2.87. The van der Waals surface area contributed by atoms with Crippen molar-refractivity contribution >= 4 is 12.6 Å². The summed E-state index contributed by atoms with van der Waals surface area (Å²) in [7, 11) is 0. The second kappa shape index (κ2) is 5.13. The van der Waals surface area contributed by atoms with Crippen LogP contribution in [0.1, 0.15) is 52.9 Å². The third kappa shape index (κ3) is 3.20. The molecule has 1 heterocycles. The van der Waals surface area contributed by atoms with Crippen LogP contribution < -0.4 is 0 Å². The summed E-state index contributed by atoms with van der Waals surface area (Å²) < 4.78 is 0. The largest absolute Gasteiger partial charge is 0.302 e. The topological polar surface area (TPSA) is 3.24 Å². The van der Waals surface area contributed by atoms with E-state index < -0.39 is 0 Å². The minimum atomic E-state index is 0.485. The van der Waals surface area contributed by atoms with Crippen molar-refractivity contribution in [1.82, 2.24) is 4.90 Å². The third-order valence-corrected chi connectivity index (χ3v) is 5.73. The van der Waals surface area contributed by atoms with Gasteiger partial charge in [-0.15, -0.1) is 0 Å². The number of hydrogen-bond donors (Lipinski definition) is 1. The van der Waals surface area contributed by atoms with E-state index in [0.29, 0.717) is 10.8 Å². The first kappa shape index (κ1) is 13.7. The van der Waals surface area contributed by atoms with Gasteiger partial charge in [0, 0.05) is 13.1 Å². The van der Waals surface area contributed by atoms with Crippen LogP contribution in [-0.2, 0) is 0 Å². The molecule has 17 heavy (non-hydrogen) atoms. The van der Waals surface area contributed by atoms with Gasteiger partial charge in [-0.1, -0.05) is 33.6 Å². The van der Waals surface area contributed by atoms with Gasteiger partial charge < -0.3 is 4.90 Å². The zero-order chi connectivity index (χ0) is 12.5. The lowest BCUT2D eigenvalue weighted by Crippen LogP contribution is -2.37. The van der Waals surface area contributed by atoms with Gasteiger partial charge in [-0.2, -0.15) is 12.6 Å². The molecule has 1 atom stereocenters. The number of thiol groups is 1. The zero-order valence-corrected chi connectivity index (χ0v) is 12.7. The lowest BCUT2D eigenvalue weighted by molar-refractivity contribution is 0.175. The highest BCUT2D eigenvalue weighted by Gasteiger charge is 2.38. The predicted octanol–water partition coefficient (Wildman–Crippen LogP) is 3.84. The summed E-state index contributed by atoms with van der Waals surface area (Å²) in [5, 5.41) is 0. The van der Waals surface area contributed by atoms with Gasteiger partial charge in [0.25, 0.3) is 0 Å². The molecule has 0 amide bonds.